The molecule has 1 aromatic carbocycles. The molecule has 0 radical (unpaired) electrons. The van der Waals surface area contributed by atoms with E-state index in [4.69, 9.17) is 15.2 Å². The van der Waals surface area contributed by atoms with Crippen LogP contribution in [0.15, 0.2) is 18.2 Å². The van der Waals surface area contributed by atoms with Crippen LogP contribution in [0.25, 0.3) is 0 Å². The molecule has 1 saturated carbocycles. The van der Waals surface area contributed by atoms with Crippen molar-refractivity contribution in [3.63, 3.8) is 0 Å². The number of carbonyl (C=O) groups excluding carboxylic acids is 1. The van der Waals surface area contributed by atoms with E-state index in [1.54, 1.807) is 7.11 Å². The van der Waals surface area contributed by atoms with Crippen LogP contribution in [0.3, 0.4) is 0 Å². The molecule has 3 N–H and O–H groups in total. The summed E-state index contributed by atoms with van der Waals surface area (Å²) in [4.78, 5) is 10.8. The van der Waals surface area contributed by atoms with E-state index in [1.807, 2.05) is 25.1 Å². The maximum absolute atomic E-state index is 10.8. The quantitative estimate of drug-likeness (QED) is 0.616. The molecule has 1 aromatic rings. The number of amides is 2. The number of nitrogens with zero attached hydrogens (tertiary/aromatic N) is 1. The third-order valence-corrected chi connectivity index (χ3v) is 3.50. The third kappa shape index (κ3) is 3.14. The van der Waals surface area contributed by atoms with Gasteiger partial charge < -0.3 is 15.2 Å². The van der Waals surface area contributed by atoms with E-state index >= 15 is 0 Å². The maximum Gasteiger partial charge on any atom is 0.338 e. The molecule has 2 amide bonds. The average Bonchev–Trinajstić information content (AvgIpc) is 3.18. The Hall–Kier alpha value is -1.95. The van der Waals surface area contributed by atoms with Gasteiger partial charge in [-0.2, -0.15) is 0 Å². The lowest BCUT2D eigenvalue weighted by molar-refractivity contribution is -0.0431. The van der Waals surface area contributed by atoms with Crippen LogP contribution in [-0.2, 0) is 0 Å². The van der Waals surface area contributed by atoms with E-state index in [2.05, 4.69) is 0 Å². The van der Waals surface area contributed by atoms with Crippen LogP contribution >= 0.6 is 0 Å². The Balaban J connectivity index is 2.04. The molecule has 0 aliphatic heterocycles. The Morgan fingerprint density at radius 3 is 2.85 bits per heavy atom. The number of hydroxylamine groups is 2. The van der Waals surface area contributed by atoms with Gasteiger partial charge in [0.1, 0.15) is 0 Å². The fourth-order valence-electron chi connectivity index (χ4n) is 2.36. The maximum atomic E-state index is 10.8. The highest BCUT2D eigenvalue weighted by Gasteiger charge is 2.40. The van der Waals surface area contributed by atoms with E-state index < -0.39 is 6.03 Å². The average molecular weight is 280 g/mol. The standard InChI is InChI=1S/C14H20N2O4/c1-3-20-13-7-9(4-5-12(13)19-2)11-6-10(11)8-16(18)14(15)17/h4-5,7,10-11,18H,3,6,8H2,1-2H3,(H2,15,17)/t10-,11-/m0/s1. The van der Waals surface area contributed by atoms with Crippen molar-refractivity contribution < 1.29 is 19.5 Å². The number of urea groups is 1. The summed E-state index contributed by atoms with van der Waals surface area (Å²) in [6.45, 7) is 2.75. The molecule has 110 valence electrons. The van der Waals surface area contributed by atoms with Gasteiger partial charge in [0.05, 0.1) is 20.3 Å². The topological polar surface area (TPSA) is 85.0 Å². The molecular weight excluding hydrogens is 260 g/mol. The Bertz CT molecular complexity index is 492. The van der Waals surface area contributed by atoms with Crippen molar-refractivity contribution in [3.8, 4) is 11.5 Å². The number of primary amides is 1. The van der Waals surface area contributed by atoms with Crippen LogP contribution in [0.1, 0.15) is 24.8 Å². The molecule has 1 aliphatic carbocycles. The number of rotatable bonds is 6. The number of nitrogens with two attached hydrogens (primary N) is 1. The van der Waals surface area contributed by atoms with Crippen LogP contribution in [-0.4, -0.2) is 36.6 Å². The zero-order chi connectivity index (χ0) is 14.7. The summed E-state index contributed by atoms with van der Waals surface area (Å²) in [5.74, 6) is 1.96. The zero-order valence-corrected chi connectivity index (χ0v) is 11.7. The second kappa shape index (κ2) is 6.00. The summed E-state index contributed by atoms with van der Waals surface area (Å²) >= 11 is 0. The van der Waals surface area contributed by atoms with E-state index in [1.165, 1.54) is 0 Å². The van der Waals surface area contributed by atoms with Gasteiger partial charge in [-0.1, -0.05) is 6.07 Å². The number of hydrogen-bond acceptors (Lipinski definition) is 4. The van der Waals surface area contributed by atoms with E-state index in [0.717, 1.165) is 12.0 Å². The van der Waals surface area contributed by atoms with Gasteiger partial charge in [0.15, 0.2) is 11.5 Å². The summed E-state index contributed by atoms with van der Waals surface area (Å²) < 4.78 is 10.8. The van der Waals surface area contributed by atoms with Gasteiger partial charge in [0.25, 0.3) is 0 Å². The second-order valence-corrected chi connectivity index (χ2v) is 4.87. The number of carbonyl (C=O) groups is 1. The van der Waals surface area contributed by atoms with Crippen LogP contribution in [0, 0.1) is 5.92 Å². The molecule has 1 aliphatic rings. The minimum atomic E-state index is -0.819. The lowest BCUT2D eigenvalue weighted by atomic mass is 10.1. The first kappa shape index (κ1) is 14.5. The number of methoxy groups -OCH3 is 1. The van der Waals surface area contributed by atoms with E-state index in [-0.39, 0.29) is 12.5 Å². The first-order valence-electron chi connectivity index (χ1n) is 6.63. The first-order valence-corrected chi connectivity index (χ1v) is 6.63. The van der Waals surface area contributed by atoms with Crippen LogP contribution in [0.2, 0.25) is 0 Å². The number of ether oxygens (including phenoxy) is 2. The summed E-state index contributed by atoms with van der Waals surface area (Å²) in [6, 6.07) is 5.00. The smallest absolute Gasteiger partial charge is 0.338 e. The Morgan fingerprint density at radius 2 is 2.25 bits per heavy atom. The van der Waals surface area contributed by atoms with Gasteiger partial charge >= 0.3 is 6.03 Å². The second-order valence-electron chi connectivity index (χ2n) is 4.87. The first-order chi connectivity index (χ1) is 9.56. The molecule has 0 bridgehead atoms. The van der Waals surface area contributed by atoms with Crippen LogP contribution < -0.4 is 15.2 Å². The van der Waals surface area contributed by atoms with Crippen molar-refractivity contribution in [2.75, 3.05) is 20.3 Å². The van der Waals surface area contributed by atoms with E-state index in [0.29, 0.717) is 29.1 Å². The molecule has 0 spiro atoms. The molecule has 2 atom stereocenters. The third-order valence-electron chi connectivity index (χ3n) is 3.50. The summed E-state index contributed by atoms with van der Waals surface area (Å²) in [7, 11) is 1.61. The Morgan fingerprint density at radius 1 is 1.50 bits per heavy atom. The largest absolute Gasteiger partial charge is 0.493 e. The minimum Gasteiger partial charge on any atom is -0.493 e. The molecule has 6 nitrogen and oxygen atoms in total. The monoisotopic (exact) mass is 280 g/mol. The fourth-order valence-corrected chi connectivity index (χ4v) is 2.36. The molecule has 0 unspecified atom stereocenters. The van der Waals surface area contributed by atoms with Crippen molar-refractivity contribution in [2.45, 2.75) is 19.3 Å². The van der Waals surface area contributed by atoms with Crippen molar-refractivity contribution in [2.24, 2.45) is 11.7 Å². The minimum absolute atomic E-state index is 0.232. The molecule has 0 heterocycles. The van der Waals surface area contributed by atoms with Crippen molar-refractivity contribution in [1.82, 2.24) is 5.06 Å². The predicted molar refractivity (Wildman–Crippen MR) is 73.1 cm³/mol. The Labute approximate surface area is 118 Å². The highest BCUT2D eigenvalue weighted by molar-refractivity contribution is 5.70. The molecular formula is C14H20N2O4. The van der Waals surface area contributed by atoms with Gasteiger partial charge in [0.2, 0.25) is 0 Å². The summed E-state index contributed by atoms with van der Waals surface area (Å²) in [6.07, 6.45) is 0.919. The fraction of sp³-hybridized carbons (Fsp3) is 0.500. The molecule has 1 fully saturated rings. The van der Waals surface area contributed by atoms with Gasteiger partial charge in [-0.15, -0.1) is 0 Å². The summed E-state index contributed by atoms with van der Waals surface area (Å²) in [5, 5.41) is 9.90. The van der Waals surface area contributed by atoms with Gasteiger partial charge in [-0.3, -0.25) is 5.21 Å². The van der Waals surface area contributed by atoms with Gasteiger partial charge in [-0.25, -0.2) is 9.86 Å². The predicted octanol–water partition coefficient (Wildman–Crippen LogP) is 1.97. The molecule has 20 heavy (non-hydrogen) atoms. The number of hydrogen-bond donors (Lipinski definition) is 2. The highest BCUT2D eigenvalue weighted by Crippen LogP contribution is 2.49. The summed E-state index contributed by atoms with van der Waals surface area (Å²) in [5.41, 5.74) is 6.12. The highest BCUT2D eigenvalue weighted by atomic mass is 16.5. The molecule has 6 heteroatoms. The molecule has 0 saturated heterocycles. The van der Waals surface area contributed by atoms with E-state index in [9.17, 15) is 10.0 Å². The van der Waals surface area contributed by atoms with Crippen molar-refractivity contribution in [3.05, 3.63) is 23.8 Å². The zero-order valence-electron chi connectivity index (χ0n) is 11.7. The molecule has 2 rings (SSSR count). The van der Waals surface area contributed by atoms with Crippen LogP contribution in [0.4, 0.5) is 4.79 Å². The lowest BCUT2D eigenvalue weighted by Crippen LogP contribution is -2.34. The Kier molecular flexibility index (Phi) is 4.34. The SMILES string of the molecule is CCOc1cc([C@@H]2C[C@H]2CN(O)C(N)=O)ccc1OC. The van der Waals surface area contributed by atoms with Gasteiger partial charge in [-0.05, 0) is 42.9 Å². The van der Waals surface area contributed by atoms with Crippen molar-refractivity contribution >= 4 is 6.03 Å². The number of benzene rings is 1. The lowest BCUT2D eigenvalue weighted by Gasteiger charge is -2.13. The van der Waals surface area contributed by atoms with Crippen LogP contribution in [0.5, 0.6) is 11.5 Å². The normalized spacial score (nSPS) is 20.4. The molecule has 0 aromatic heterocycles. The van der Waals surface area contributed by atoms with Gasteiger partial charge in [0, 0.05) is 0 Å². The van der Waals surface area contributed by atoms with Crippen molar-refractivity contribution in [1.29, 1.82) is 0 Å².